The highest BCUT2D eigenvalue weighted by Crippen LogP contribution is 2.18. The molecule has 0 saturated heterocycles. The van der Waals surface area contributed by atoms with Gasteiger partial charge in [-0.25, -0.2) is 4.79 Å². The fraction of sp³-hybridized carbons (Fsp3) is 0.333. The highest BCUT2D eigenvalue weighted by Gasteiger charge is 2.30. The van der Waals surface area contributed by atoms with Gasteiger partial charge >= 0.3 is 11.9 Å². The van der Waals surface area contributed by atoms with Gasteiger partial charge in [0.05, 0.1) is 24.5 Å². The van der Waals surface area contributed by atoms with Gasteiger partial charge in [-0.1, -0.05) is 103 Å². The molecule has 0 bridgehead atoms. The second-order valence-corrected chi connectivity index (χ2v) is 11.6. The van der Waals surface area contributed by atoms with Crippen molar-refractivity contribution in [3.63, 3.8) is 0 Å². The quantitative estimate of drug-likeness (QED) is 0.110. The van der Waals surface area contributed by atoms with Crippen LogP contribution in [0.2, 0.25) is 0 Å². The van der Waals surface area contributed by atoms with E-state index in [0.717, 1.165) is 16.7 Å². The highest BCUT2D eigenvalue weighted by atomic mass is 16.6. The van der Waals surface area contributed by atoms with Gasteiger partial charge in [0, 0.05) is 6.42 Å². The first-order valence-electron chi connectivity index (χ1n) is 16.2. The van der Waals surface area contributed by atoms with Gasteiger partial charge < -0.3 is 25.2 Å². The molecule has 254 valence electrons. The van der Waals surface area contributed by atoms with E-state index < -0.39 is 54.3 Å². The van der Waals surface area contributed by atoms with Crippen molar-refractivity contribution in [3.05, 3.63) is 133 Å². The van der Waals surface area contributed by atoms with Crippen LogP contribution in [0, 0.1) is 11.8 Å². The van der Waals surface area contributed by atoms with Crippen LogP contribution < -0.4 is 10.6 Å². The van der Waals surface area contributed by atoms with Crippen molar-refractivity contribution in [1.82, 2.24) is 10.6 Å². The molecule has 0 radical (unpaired) electrons. The number of hydrogen-bond acceptors (Lipinski definition) is 7. The highest BCUT2D eigenvalue weighted by molar-refractivity contribution is 5.89. The van der Waals surface area contributed by atoms with Crippen molar-refractivity contribution in [3.8, 4) is 0 Å². The van der Waals surface area contributed by atoms with E-state index in [4.69, 9.17) is 9.47 Å². The van der Waals surface area contributed by atoms with Gasteiger partial charge in [-0.05, 0) is 48.8 Å². The summed E-state index contributed by atoms with van der Waals surface area (Å²) in [6.07, 6.45) is 5.14. The number of carbonyl (C=O) groups excluding carboxylic acids is 4. The first-order valence-corrected chi connectivity index (χ1v) is 16.2. The molecule has 0 saturated carbocycles. The van der Waals surface area contributed by atoms with Crippen LogP contribution >= 0.6 is 0 Å². The fourth-order valence-electron chi connectivity index (χ4n) is 5.15. The van der Waals surface area contributed by atoms with Gasteiger partial charge in [-0.3, -0.25) is 14.4 Å². The molecule has 3 aromatic carbocycles. The molecule has 3 N–H and O–H groups in total. The Bertz CT molecular complexity index is 1450. The molecular weight excluding hydrogens is 608 g/mol. The SMILES string of the molecule is C=CCCC(Cc1ccccc1)C(=O)OCC(NC(=O)C(CC=C)CC(=O)NC(CO)Cc1ccccc1)C(=O)OCc1ccccc1. The van der Waals surface area contributed by atoms with Gasteiger partial charge in [0.25, 0.3) is 0 Å². The molecule has 3 aromatic rings. The molecule has 3 rings (SSSR count). The average Bonchev–Trinajstić information content (AvgIpc) is 3.11. The zero-order valence-corrected chi connectivity index (χ0v) is 27.3. The Morgan fingerprint density at radius 1 is 0.708 bits per heavy atom. The summed E-state index contributed by atoms with van der Waals surface area (Å²) in [6.45, 7) is 6.70. The standard InChI is InChI=1S/C39H46N2O7/c1-3-5-22-33(23-29-16-9-6-10-17-29)38(45)48-28-35(39(46)47-27-31-20-13-8-14-21-31)41-37(44)32(15-4-2)25-36(43)40-34(26-42)24-30-18-11-7-12-19-30/h3-4,6-14,16-21,32-35,42H,1-2,5,15,22-28H2,(H,40,43)(H,41,44). The van der Waals surface area contributed by atoms with Gasteiger partial charge in [-0.15, -0.1) is 13.2 Å². The summed E-state index contributed by atoms with van der Waals surface area (Å²) in [4.78, 5) is 53.1. The molecule has 0 spiro atoms. The molecular formula is C39H46N2O7. The number of benzene rings is 3. The van der Waals surface area contributed by atoms with Crippen molar-refractivity contribution in [2.24, 2.45) is 11.8 Å². The predicted octanol–water partition coefficient (Wildman–Crippen LogP) is 4.89. The van der Waals surface area contributed by atoms with E-state index in [2.05, 4.69) is 23.8 Å². The normalized spacial score (nSPS) is 13.2. The van der Waals surface area contributed by atoms with E-state index in [1.807, 2.05) is 78.9 Å². The summed E-state index contributed by atoms with van der Waals surface area (Å²) in [5, 5.41) is 15.3. The second kappa shape index (κ2) is 21.0. The number of amides is 2. The van der Waals surface area contributed by atoms with E-state index in [9.17, 15) is 24.3 Å². The lowest BCUT2D eigenvalue weighted by Gasteiger charge is -2.23. The first-order chi connectivity index (χ1) is 23.3. The van der Waals surface area contributed by atoms with Crippen molar-refractivity contribution in [2.45, 2.75) is 57.2 Å². The smallest absolute Gasteiger partial charge is 0.332 e. The van der Waals surface area contributed by atoms with Crippen LogP contribution in [-0.4, -0.2) is 54.2 Å². The Morgan fingerprint density at radius 3 is 1.85 bits per heavy atom. The van der Waals surface area contributed by atoms with Gasteiger partial charge in [0.1, 0.15) is 13.2 Å². The largest absolute Gasteiger partial charge is 0.463 e. The lowest BCUT2D eigenvalue weighted by atomic mass is 9.95. The number of ether oxygens (including phenoxy) is 2. The molecule has 48 heavy (non-hydrogen) atoms. The van der Waals surface area contributed by atoms with Crippen LogP contribution in [0.3, 0.4) is 0 Å². The molecule has 0 aromatic heterocycles. The Kier molecular flexibility index (Phi) is 16.4. The third-order valence-electron chi connectivity index (χ3n) is 7.76. The molecule has 0 aliphatic heterocycles. The van der Waals surface area contributed by atoms with Crippen molar-refractivity contribution in [2.75, 3.05) is 13.2 Å². The van der Waals surface area contributed by atoms with Crippen molar-refractivity contribution < 1.29 is 33.8 Å². The minimum atomic E-state index is -1.32. The Hall–Kier alpha value is -5.02. The molecule has 0 aliphatic rings. The summed E-state index contributed by atoms with van der Waals surface area (Å²) in [5.74, 6) is -3.69. The van der Waals surface area contributed by atoms with E-state index in [0.29, 0.717) is 25.7 Å². The summed E-state index contributed by atoms with van der Waals surface area (Å²) < 4.78 is 11.1. The fourth-order valence-corrected chi connectivity index (χ4v) is 5.15. The molecule has 0 heterocycles. The van der Waals surface area contributed by atoms with Crippen LogP contribution in [0.4, 0.5) is 0 Å². The van der Waals surface area contributed by atoms with E-state index in [-0.39, 0.29) is 26.1 Å². The van der Waals surface area contributed by atoms with Gasteiger partial charge in [-0.2, -0.15) is 0 Å². The van der Waals surface area contributed by atoms with Crippen LogP contribution in [0.25, 0.3) is 0 Å². The van der Waals surface area contributed by atoms with Crippen LogP contribution in [0.5, 0.6) is 0 Å². The number of esters is 2. The number of carbonyl (C=O) groups is 4. The van der Waals surface area contributed by atoms with Crippen LogP contribution in [-0.2, 0) is 48.1 Å². The van der Waals surface area contributed by atoms with E-state index >= 15 is 0 Å². The lowest BCUT2D eigenvalue weighted by molar-refractivity contribution is -0.157. The Balaban J connectivity index is 1.69. The summed E-state index contributed by atoms with van der Waals surface area (Å²) in [5.41, 5.74) is 2.66. The minimum absolute atomic E-state index is 0.0432. The molecule has 4 atom stereocenters. The molecule has 9 nitrogen and oxygen atoms in total. The number of nitrogens with one attached hydrogen (secondary N) is 2. The Morgan fingerprint density at radius 2 is 1.29 bits per heavy atom. The summed E-state index contributed by atoms with van der Waals surface area (Å²) in [7, 11) is 0. The van der Waals surface area contributed by atoms with Crippen molar-refractivity contribution in [1.29, 1.82) is 0 Å². The maximum atomic E-state index is 13.5. The third kappa shape index (κ3) is 13.4. The third-order valence-corrected chi connectivity index (χ3v) is 7.76. The van der Waals surface area contributed by atoms with Crippen LogP contribution in [0.1, 0.15) is 42.4 Å². The molecule has 4 unspecified atom stereocenters. The molecule has 0 fully saturated rings. The second-order valence-electron chi connectivity index (χ2n) is 11.6. The maximum Gasteiger partial charge on any atom is 0.332 e. The number of aliphatic hydroxyl groups is 1. The zero-order chi connectivity index (χ0) is 34.6. The maximum absolute atomic E-state index is 13.5. The molecule has 9 heteroatoms. The summed E-state index contributed by atoms with van der Waals surface area (Å²) >= 11 is 0. The first kappa shape index (κ1) is 37.4. The van der Waals surface area contributed by atoms with E-state index in [1.54, 1.807) is 18.2 Å². The van der Waals surface area contributed by atoms with Gasteiger partial charge in [0.15, 0.2) is 6.04 Å². The topological polar surface area (TPSA) is 131 Å². The molecule has 0 aliphatic carbocycles. The summed E-state index contributed by atoms with van der Waals surface area (Å²) in [6, 6.07) is 26.2. The molecule has 2 amide bonds. The predicted molar refractivity (Wildman–Crippen MR) is 184 cm³/mol. The average molecular weight is 655 g/mol. The van der Waals surface area contributed by atoms with Crippen molar-refractivity contribution >= 4 is 23.8 Å². The number of aliphatic hydroxyl groups excluding tert-OH is 1. The Labute approximate surface area is 283 Å². The zero-order valence-electron chi connectivity index (χ0n) is 27.3. The van der Waals surface area contributed by atoms with E-state index in [1.165, 1.54) is 6.08 Å². The lowest BCUT2D eigenvalue weighted by Crippen LogP contribution is -2.48. The minimum Gasteiger partial charge on any atom is -0.463 e. The number of rotatable bonds is 21. The van der Waals surface area contributed by atoms with Gasteiger partial charge in [0.2, 0.25) is 11.8 Å². The number of hydrogen-bond donors (Lipinski definition) is 3. The monoisotopic (exact) mass is 654 g/mol. The number of allylic oxidation sites excluding steroid dienone is 2. The van der Waals surface area contributed by atoms with Crippen LogP contribution in [0.15, 0.2) is 116 Å².